The molecule has 2 heterocycles. The third-order valence-corrected chi connectivity index (χ3v) is 6.80. The van der Waals surface area contributed by atoms with Gasteiger partial charge in [-0.3, -0.25) is 9.40 Å². The van der Waals surface area contributed by atoms with Gasteiger partial charge in [0, 0.05) is 6.20 Å². The Morgan fingerprint density at radius 3 is 2.62 bits per heavy atom. The van der Waals surface area contributed by atoms with Gasteiger partial charge in [-0.2, -0.15) is 5.10 Å². The van der Waals surface area contributed by atoms with Gasteiger partial charge in [-0.25, -0.2) is 12.8 Å². The van der Waals surface area contributed by atoms with Crippen molar-refractivity contribution in [2.45, 2.75) is 36.6 Å². The highest BCUT2D eigenvalue weighted by molar-refractivity contribution is 7.92. The molecule has 1 saturated carbocycles. The van der Waals surface area contributed by atoms with Gasteiger partial charge in [-0.1, -0.05) is 31.0 Å². The van der Waals surface area contributed by atoms with Crippen LogP contribution in [0.5, 0.6) is 0 Å². The molecule has 0 atom stereocenters. The average Bonchev–Trinajstić information content (AvgIpc) is 3.37. The van der Waals surface area contributed by atoms with E-state index in [1.807, 2.05) is 17.5 Å². The van der Waals surface area contributed by atoms with Gasteiger partial charge in [-0.15, -0.1) is 11.3 Å². The van der Waals surface area contributed by atoms with Crippen LogP contribution in [-0.2, 0) is 10.0 Å². The quantitative estimate of drug-likeness (QED) is 0.688. The van der Waals surface area contributed by atoms with Crippen molar-refractivity contribution >= 4 is 27.0 Å². The molecular formula is C18H18FN3O2S2. The second kappa shape index (κ2) is 6.85. The first kappa shape index (κ1) is 17.2. The van der Waals surface area contributed by atoms with Crippen LogP contribution < -0.4 is 4.72 Å². The van der Waals surface area contributed by atoms with Crippen molar-refractivity contribution in [3.63, 3.8) is 0 Å². The molecule has 5 nitrogen and oxygen atoms in total. The molecule has 8 heteroatoms. The summed E-state index contributed by atoms with van der Waals surface area (Å²) < 4.78 is 44.0. The van der Waals surface area contributed by atoms with E-state index in [9.17, 15) is 12.8 Å². The molecule has 0 radical (unpaired) electrons. The molecule has 1 aliphatic carbocycles. The van der Waals surface area contributed by atoms with Gasteiger partial charge in [0.25, 0.3) is 10.0 Å². The molecule has 0 spiro atoms. The van der Waals surface area contributed by atoms with Crippen LogP contribution in [0.3, 0.4) is 0 Å². The number of rotatable bonds is 5. The molecule has 3 aromatic rings. The van der Waals surface area contributed by atoms with Crippen molar-refractivity contribution in [3.8, 4) is 10.6 Å². The van der Waals surface area contributed by atoms with E-state index >= 15 is 0 Å². The van der Waals surface area contributed by atoms with Crippen molar-refractivity contribution in [2.24, 2.45) is 0 Å². The van der Waals surface area contributed by atoms with Crippen molar-refractivity contribution in [2.75, 3.05) is 4.72 Å². The van der Waals surface area contributed by atoms with Crippen LogP contribution in [-0.4, -0.2) is 18.2 Å². The van der Waals surface area contributed by atoms with E-state index in [1.165, 1.54) is 29.5 Å². The molecule has 4 rings (SSSR count). The van der Waals surface area contributed by atoms with E-state index < -0.39 is 15.8 Å². The lowest BCUT2D eigenvalue weighted by molar-refractivity contribution is 0.467. The van der Waals surface area contributed by atoms with E-state index in [1.54, 1.807) is 16.9 Å². The Hall–Kier alpha value is -2.19. The summed E-state index contributed by atoms with van der Waals surface area (Å²) in [5, 5.41) is 6.46. The standard InChI is InChI=1S/C18H18FN3O2S2/c19-14-8-3-4-9-15(14)21-26(23,24)17-12-22(13-6-1-2-7-13)20-18(17)16-10-5-11-25-16/h3-5,8-13,21H,1-2,6-7H2. The zero-order chi connectivity index (χ0) is 18.1. The summed E-state index contributed by atoms with van der Waals surface area (Å²) in [5.74, 6) is -0.614. The zero-order valence-corrected chi connectivity index (χ0v) is 15.6. The third kappa shape index (κ3) is 3.26. The van der Waals surface area contributed by atoms with Crippen LogP contribution in [0, 0.1) is 5.82 Å². The molecule has 1 aliphatic rings. The number of para-hydroxylation sites is 1. The van der Waals surface area contributed by atoms with E-state index in [4.69, 9.17) is 0 Å². The molecule has 0 unspecified atom stereocenters. The van der Waals surface area contributed by atoms with E-state index in [0.717, 1.165) is 30.6 Å². The molecule has 0 saturated heterocycles. The predicted molar refractivity (Wildman–Crippen MR) is 100 cm³/mol. The average molecular weight is 391 g/mol. The first-order valence-electron chi connectivity index (χ1n) is 8.45. The third-order valence-electron chi connectivity index (χ3n) is 4.56. The Morgan fingerprint density at radius 2 is 1.92 bits per heavy atom. The summed E-state index contributed by atoms with van der Waals surface area (Å²) in [6, 6.07) is 9.64. The van der Waals surface area contributed by atoms with Crippen LogP contribution in [0.15, 0.2) is 52.9 Å². The number of halogens is 1. The topological polar surface area (TPSA) is 64.0 Å². The minimum absolute atomic E-state index is 0.0711. The molecule has 0 bridgehead atoms. The van der Waals surface area contributed by atoms with E-state index in [-0.39, 0.29) is 16.6 Å². The monoisotopic (exact) mass is 391 g/mol. The Kier molecular flexibility index (Phi) is 4.54. The molecule has 26 heavy (non-hydrogen) atoms. The molecule has 0 aliphatic heterocycles. The fourth-order valence-electron chi connectivity index (χ4n) is 3.26. The van der Waals surface area contributed by atoms with Gasteiger partial charge in [0.05, 0.1) is 16.6 Å². The van der Waals surface area contributed by atoms with Gasteiger partial charge >= 0.3 is 0 Å². The largest absolute Gasteiger partial charge is 0.277 e. The molecule has 1 N–H and O–H groups in total. The van der Waals surface area contributed by atoms with Crippen molar-refractivity contribution < 1.29 is 12.8 Å². The zero-order valence-electron chi connectivity index (χ0n) is 13.9. The van der Waals surface area contributed by atoms with Crippen LogP contribution in [0.2, 0.25) is 0 Å². The molecule has 1 fully saturated rings. The number of hydrogen-bond donors (Lipinski definition) is 1. The number of sulfonamides is 1. The van der Waals surface area contributed by atoms with Gasteiger partial charge in [0.1, 0.15) is 16.4 Å². The van der Waals surface area contributed by atoms with Crippen molar-refractivity contribution in [1.29, 1.82) is 0 Å². The number of hydrogen-bond acceptors (Lipinski definition) is 4. The van der Waals surface area contributed by atoms with Crippen LogP contribution in [0.1, 0.15) is 31.7 Å². The highest BCUT2D eigenvalue weighted by atomic mass is 32.2. The minimum atomic E-state index is -3.97. The molecular weight excluding hydrogens is 373 g/mol. The summed E-state index contributed by atoms with van der Waals surface area (Å²) in [6.45, 7) is 0. The van der Waals surface area contributed by atoms with Gasteiger partial charge < -0.3 is 0 Å². The number of benzene rings is 1. The van der Waals surface area contributed by atoms with Crippen LogP contribution in [0.4, 0.5) is 10.1 Å². The first-order valence-corrected chi connectivity index (χ1v) is 10.8. The van der Waals surface area contributed by atoms with Crippen LogP contribution >= 0.6 is 11.3 Å². The van der Waals surface area contributed by atoms with Crippen molar-refractivity contribution in [3.05, 3.63) is 53.8 Å². The second-order valence-corrected chi connectivity index (χ2v) is 8.92. The lowest BCUT2D eigenvalue weighted by Gasteiger charge is -2.09. The van der Waals surface area contributed by atoms with Crippen LogP contribution in [0.25, 0.3) is 10.6 Å². The Balaban J connectivity index is 1.77. The highest BCUT2D eigenvalue weighted by Crippen LogP contribution is 2.35. The second-order valence-electron chi connectivity index (χ2n) is 6.32. The lowest BCUT2D eigenvalue weighted by Crippen LogP contribution is -2.14. The fourth-order valence-corrected chi connectivity index (χ4v) is 5.26. The highest BCUT2D eigenvalue weighted by Gasteiger charge is 2.28. The molecule has 0 amide bonds. The maximum atomic E-state index is 13.9. The summed E-state index contributed by atoms with van der Waals surface area (Å²) in [6.07, 6.45) is 5.80. The molecule has 136 valence electrons. The normalized spacial score (nSPS) is 15.4. The molecule has 2 aromatic heterocycles. The Morgan fingerprint density at radius 1 is 1.15 bits per heavy atom. The lowest BCUT2D eigenvalue weighted by atomic mass is 10.3. The number of anilines is 1. The Labute approximate surface area is 155 Å². The number of thiophene rings is 1. The van der Waals surface area contributed by atoms with Gasteiger partial charge in [0.15, 0.2) is 0 Å². The van der Waals surface area contributed by atoms with E-state index in [2.05, 4.69) is 9.82 Å². The minimum Gasteiger partial charge on any atom is -0.277 e. The summed E-state index contributed by atoms with van der Waals surface area (Å²) in [4.78, 5) is 0.853. The van der Waals surface area contributed by atoms with Gasteiger partial charge in [-0.05, 0) is 36.4 Å². The summed E-state index contributed by atoms with van der Waals surface area (Å²) in [7, 11) is -3.97. The number of aromatic nitrogens is 2. The number of nitrogens with zero attached hydrogens (tertiary/aromatic N) is 2. The maximum absolute atomic E-state index is 13.9. The fraction of sp³-hybridized carbons (Fsp3) is 0.278. The SMILES string of the molecule is O=S(=O)(Nc1ccccc1F)c1cn(C2CCCC2)nc1-c1cccs1. The number of nitrogens with one attached hydrogen (secondary N) is 1. The van der Waals surface area contributed by atoms with E-state index in [0.29, 0.717) is 5.69 Å². The molecule has 1 aromatic carbocycles. The van der Waals surface area contributed by atoms with Crippen molar-refractivity contribution in [1.82, 2.24) is 9.78 Å². The maximum Gasteiger partial charge on any atom is 0.265 e. The van der Waals surface area contributed by atoms with Gasteiger partial charge in [0.2, 0.25) is 0 Å². The predicted octanol–water partition coefficient (Wildman–Crippen LogP) is 4.67. The first-order chi connectivity index (χ1) is 12.5. The summed E-state index contributed by atoms with van der Waals surface area (Å²) in [5.41, 5.74) is 0.342. The Bertz CT molecular complexity index is 1010. The summed E-state index contributed by atoms with van der Waals surface area (Å²) >= 11 is 1.43. The smallest absolute Gasteiger partial charge is 0.265 e.